The van der Waals surface area contributed by atoms with Gasteiger partial charge in [-0.1, -0.05) is 32.0 Å². The van der Waals surface area contributed by atoms with Gasteiger partial charge in [0.15, 0.2) is 4.77 Å². The third-order valence-corrected chi connectivity index (χ3v) is 3.75. The summed E-state index contributed by atoms with van der Waals surface area (Å²) in [5, 5.41) is 0. The molecule has 0 amide bonds. The molecule has 1 aromatic heterocycles. The normalized spacial score (nSPS) is 11.4. The third-order valence-electron chi connectivity index (χ3n) is 3.46. The van der Waals surface area contributed by atoms with Crippen molar-refractivity contribution in [1.82, 2.24) is 9.55 Å². The predicted octanol–water partition coefficient (Wildman–Crippen LogP) is 4.95. The maximum Gasteiger partial charge on any atom is 0.182 e. The van der Waals surface area contributed by atoms with Crippen molar-refractivity contribution < 1.29 is 4.39 Å². The van der Waals surface area contributed by atoms with Gasteiger partial charge < -0.3 is 4.98 Å². The monoisotopic (exact) mass is 286 g/mol. The molecule has 0 aliphatic heterocycles. The van der Waals surface area contributed by atoms with Crippen molar-refractivity contribution in [3.8, 4) is 5.69 Å². The minimum absolute atomic E-state index is 0.285. The molecule has 0 bridgehead atoms. The van der Waals surface area contributed by atoms with Gasteiger partial charge in [-0.3, -0.25) is 4.57 Å². The van der Waals surface area contributed by atoms with Crippen LogP contribution in [0.1, 0.15) is 25.3 Å². The molecular weight excluding hydrogens is 271 g/mol. The Bertz CT molecular complexity index is 830. The van der Waals surface area contributed by atoms with Gasteiger partial charge in [0.1, 0.15) is 11.3 Å². The summed E-state index contributed by atoms with van der Waals surface area (Å²) < 4.78 is 16.2. The van der Waals surface area contributed by atoms with Crippen LogP contribution in [0.3, 0.4) is 0 Å². The van der Waals surface area contributed by atoms with E-state index in [-0.39, 0.29) is 5.82 Å². The molecule has 0 saturated carbocycles. The zero-order chi connectivity index (χ0) is 14.3. The molecule has 20 heavy (non-hydrogen) atoms. The second-order valence-electron chi connectivity index (χ2n) is 5.15. The first kappa shape index (κ1) is 13.1. The standard InChI is InChI=1S/C16H15FN2S/c1-10(2)11-5-3-6-12(9-11)19-14-8-4-7-13(17)15(14)18-16(19)20/h3-10H,1-2H3,(H,18,20). The molecule has 0 radical (unpaired) electrons. The van der Waals surface area contributed by atoms with E-state index < -0.39 is 0 Å². The molecule has 3 rings (SSSR count). The number of hydrogen-bond acceptors (Lipinski definition) is 1. The molecule has 3 aromatic rings. The Kier molecular flexibility index (Phi) is 3.18. The van der Waals surface area contributed by atoms with Crippen LogP contribution in [0.5, 0.6) is 0 Å². The van der Waals surface area contributed by atoms with Crippen LogP contribution >= 0.6 is 12.2 Å². The van der Waals surface area contributed by atoms with E-state index >= 15 is 0 Å². The first-order chi connectivity index (χ1) is 9.58. The van der Waals surface area contributed by atoms with E-state index in [2.05, 4.69) is 31.0 Å². The van der Waals surface area contributed by atoms with Gasteiger partial charge in [-0.2, -0.15) is 0 Å². The van der Waals surface area contributed by atoms with Gasteiger partial charge in [0, 0.05) is 5.69 Å². The quantitative estimate of drug-likeness (QED) is 0.661. The lowest BCUT2D eigenvalue weighted by Gasteiger charge is -2.09. The van der Waals surface area contributed by atoms with Gasteiger partial charge in [0.25, 0.3) is 0 Å². The van der Waals surface area contributed by atoms with E-state index in [1.54, 1.807) is 6.07 Å². The number of benzene rings is 2. The number of H-pyrrole nitrogens is 1. The molecule has 102 valence electrons. The lowest BCUT2D eigenvalue weighted by molar-refractivity contribution is 0.637. The maximum absolute atomic E-state index is 13.8. The van der Waals surface area contributed by atoms with Crippen LogP contribution in [-0.2, 0) is 0 Å². The summed E-state index contributed by atoms with van der Waals surface area (Å²) in [7, 11) is 0. The average Bonchev–Trinajstić information content (AvgIpc) is 2.77. The van der Waals surface area contributed by atoms with Gasteiger partial charge >= 0.3 is 0 Å². The number of fused-ring (bicyclic) bond motifs is 1. The van der Waals surface area contributed by atoms with E-state index in [0.717, 1.165) is 11.2 Å². The number of aromatic amines is 1. The fourth-order valence-electron chi connectivity index (χ4n) is 2.37. The fourth-order valence-corrected chi connectivity index (χ4v) is 2.68. The number of nitrogens with zero attached hydrogens (tertiary/aromatic N) is 1. The van der Waals surface area contributed by atoms with Crippen LogP contribution in [0.15, 0.2) is 42.5 Å². The lowest BCUT2D eigenvalue weighted by Crippen LogP contribution is -1.96. The number of imidazole rings is 1. The molecule has 0 atom stereocenters. The van der Waals surface area contributed by atoms with Crippen molar-refractivity contribution >= 4 is 23.3 Å². The smallest absolute Gasteiger partial charge is 0.182 e. The summed E-state index contributed by atoms with van der Waals surface area (Å²) in [5.74, 6) is 0.151. The van der Waals surface area contributed by atoms with Crippen molar-refractivity contribution in [2.75, 3.05) is 0 Å². The van der Waals surface area contributed by atoms with E-state index in [1.807, 2.05) is 22.8 Å². The first-order valence-electron chi connectivity index (χ1n) is 6.57. The fraction of sp³-hybridized carbons (Fsp3) is 0.188. The summed E-state index contributed by atoms with van der Waals surface area (Å²) in [6, 6.07) is 13.2. The minimum atomic E-state index is -0.285. The molecule has 0 aliphatic carbocycles. The Hall–Kier alpha value is -1.94. The Morgan fingerprint density at radius 2 is 1.90 bits per heavy atom. The van der Waals surface area contributed by atoms with Crippen LogP contribution < -0.4 is 0 Å². The van der Waals surface area contributed by atoms with Crippen LogP contribution in [0.4, 0.5) is 4.39 Å². The van der Waals surface area contributed by atoms with E-state index in [0.29, 0.717) is 16.2 Å². The summed E-state index contributed by atoms with van der Waals surface area (Å²) in [6.07, 6.45) is 0. The Morgan fingerprint density at radius 3 is 2.65 bits per heavy atom. The highest BCUT2D eigenvalue weighted by molar-refractivity contribution is 7.71. The van der Waals surface area contributed by atoms with Crippen LogP contribution in [0.25, 0.3) is 16.7 Å². The zero-order valence-electron chi connectivity index (χ0n) is 11.4. The van der Waals surface area contributed by atoms with Crippen molar-refractivity contribution in [2.45, 2.75) is 19.8 Å². The average molecular weight is 286 g/mol. The number of hydrogen-bond donors (Lipinski definition) is 1. The number of rotatable bonds is 2. The van der Waals surface area contributed by atoms with E-state index in [1.165, 1.54) is 11.6 Å². The highest BCUT2D eigenvalue weighted by atomic mass is 32.1. The highest BCUT2D eigenvalue weighted by Gasteiger charge is 2.10. The van der Waals surface area contributed by atoms with Gasteiger partial charge in [-0.15, -0.1) is 0 Å². The Balaban J connectivity index is 2.30. The van der Waals surface area contributed by atoms with Gasteiger partial charge in [-0.05, 0) is 48.0 Å². The van der Waals surface area contributed by atoms with Gasteiger partial charge in [0.2, 0.25) is 0 Å². The first-order valence-corrected chi connectivity index (χ1v) is 6.98. The maximum atomic E-state index is 13.8. The molecule has 0 spiro atoms. The molecule has 2 aromatic carbocycles. The van der Waals surface area contributed by atoms with Crippen LogP contribution in [-0.4, -0.2) is 9.55 Å². The molecule has 0 unspecified atom stereocenters. The number of nitrogens with one attached hydrogen (secondary N) is 1. The minimum Gasteiger partial charge on any atom is -0.328 e. The molecule has 2 nitrogen and oxygen atoms in total. The van der Waals surface area contributed by atoms with Crippen LogP contribution in [0, 0.1) is 10.6 Å². The molecule has 0 aliphatic rings. The highest BCUT2D eigenvalue weighted by Crippen LogP contribution is 2.24. The van der Waals surface area contributed by atoms with Crippen molar-refractivity contribution in [3.05, 3.63) is 58.6 Å². The van der Waals surface area contributed by atoms with Gasteiger partial charge in [0.05, 0.1) is 5.52 Å². The molecule has 1 N–H and O–H groups in total. The van der Waals surface area contributed by atoms with Crippen molar-refractivity contribution in [2.24, 2.45) is 0 Å². The molecule has 1 heterocycles. The number of aromatic nitrogens is 2. The van der Waals surface area contributed by atoms with E-state index in [4.69, 9.17) is 12.2 Å². The predicted molar refractivity (Wildman–Crippen MR) is 82.5 cm³/mol. The molecular formula is C16H15FN2S. The largest absolute Gasteiger partial charge is 0.328 e. The summed E-state index contributed by atoms with van der Waals surface area (Å²) in [4.78, 5) is 2.95. The number of para-hydroxylation sites is 1. The van der Waals surface area contributed by atoms with Crippen LogP contribution in [0.2, 0.25) is 0 Å². The third kappa shape index (κ3) is 2.06. The Morgan fingerprint density at radius 1 is 1.15 bits per heavy atom. The topological polar surface area (TPSA) is 20.7 Å². The second-order valence-corrected chi connectivity index (χ2v) is 5.54. The Labute approximate surface area is 121 Å². The van der Waals surface area contributed by atoms with Crippen molar-refractivity contribution in [3.63, 3.8) is 0 Å². The van der Waals surface area contributed by atoms with Gasteiger partial charge in [-0.25, -0.2) is 4.39 Å². The summed E-state index contributed by atoms with van der Waals surface area (Å²) >= 11 is 5.34. The lowest BCUT2D eigenvalue weighted by atomic mass is 10.0. The second kappa shape index (κ2) is 4.87. The molecule has 0 fully saturated rings. The van der Waals surface area contributed by atoms with Crippen molar-refractivity contribution in [1.29, 1.82) is 0 Å². The molecule has 4 heteroatoms. The van der Waals surface area contributed by atoms with E-state index in [9.17, 15) is 4.39 Å². The number of halogens is 1. The SMILES string of the molecule is CC(C)c1cccc(-n2c(=S)[nH]c3c(F)cccc32)c1. The zero-order valence-corrected chi connectivity index (χ0v) is 12.2. The summed E-state index contributed by atoms with van der Waals surface area (Å²) in [5.41, 5.74) is 3.40. The molecule has 0 saturated heterocycles. The summed E-state index contributed by atoms with van der Waals surface area (Å²) in [6.45, 7) is 4.29.